The lowest BCUT2D eigenvalue weighted by atomic mass is 10.0. The summed E-state index contributed by atoms with van der Waals surface area (Å²) in [5, 5.41) is 0. The minimum absolute atomic E-state index is 0.0621. The predicted octanol–water partition coefficient (Wildman–Crippen LogP) is 18.2. The molecule has 0 saturated carbocycles. The summed E-state index contributed by atoms with van der Waals surface area (Å²) in [7, 11) is 0. The highest BCUT2D eigenvalue weighted by molar-refractivity contribution is 5.71. The van der Waals surface area contributed by atoms with Gasteiger partial charge in [0.25, 0.3) is 0 Å². The van der Waals surface area contributed by atoms with Gasteiger partial charge in [-0.05, 0) is 25.2 Å². The molecule has 0 aliphatic heterocycles. The van der Waals surface area contributed by atoms with Crippen LogP contribution in [-0.4, -0.2) is 37.2 Å². The molecule has 0 aliphatic carbocycles. The van der Waals surface area contributed by atoms with Crippen molar-refractivity contribution in [3.05, 3.63) is 0 Å². The summed E-state index contributed by atoms with van der Waals surface area (Å²) in [5.41, 5.74) is 0. The topological polar surface area (TPSA) is 78.9 Å². The van der Waals surface area contributed by atoms with Crippen LogP contribution in [-0.2, 0) is 28.6 Å². The molecule has 62 heavy (non-hydrogen) atoms. The number of ether oxygens (including phenoxy) is 3. The van der Waals surface area contributed by atoms with Gasteiger partial charge < -0.3 is 14.2 Å². The summed E-state index contributed by atoms with van der Waals surface area (Å²) in [4.78, 5) is 38.0. The zero-order valence-electron chi connectivity index (χ0n) is 42.3. The van der Waals surface area contributed by atoms with Gasteiger partial charge in [-0.3, -0.25) is 14.4 Å². The van der Waals surface area contributed by atoms with E-state index in [2.05, 4.69) is 27.7 Å². The van der Waals surface area contributed by atoms with E-state index in [-0.39, 0.29) is 31.1 Å². The maximum atomic E-state index is 12.8. The molecule has 1 atom stereocenters. The second-order valence-corrected chi connectivity index (χ2v) is 19.7. The molecule has 0 fully saturated rings. The first-order chi connectivity index (χ1) is 30.4. The normalized spacial score (nSPS) is 12.0. The first kappa shape index (κ1) is 60.4. The smallest absolute Gasteiger partial charge is 0.306 e. The molecule has 0 spiro atoms. The molecule has 0 saturated heterocycles. The molecular weight excluding hydrogens is 769 g/mol. The summed E-state index contributed by atoms with van der Waals surface area (Å²) in [6.07, 6.45) is 53.7. The fraction of sp³-hybridized carbons (Fsp3) is 0.946. The van der Waals surface area contributed by atoms with Crippen LogP contribution in [0.25, 0.3) is 0 Å². The first-order valence-corrected chi connectivity index (χ1v) is 27.9. The lowest BCUT2D eigenvalue weighted by molar-refractivity contribution is -0.167. The Morgan fingerprint density at radius 2 is 0.532 bits per heavy atom. The molecule has 0 amide bonds. The van der Waals surface area contributed by atoms with Crippen LogP contribution in [0.5, 0.6) is 0 Å². The predicted molar refractivity (Wildman–Crippen MR) is 266 cm³/mol. The van der Waals surface area contributed by atoms with Crippen molar-refractivity contribution < 1.29 is 28.6 Å². The van der Waals surface area contributed by atoms with Crippen LogP contribution in [0.1, 0.15) is 317 Å². The SMILES string of the molecule is CCCCCCCCCCCCCCCCCCC(=O)O[C@@H](COC(=O)CCCCCCCCCCCCCC)COC(=O)CCCCCCCCCCCCCCCC(C)C. The fourth-order valence-electron chi connectivity index (χ4n) is 8.57. The number of esters is 3. The quantitative estimate of drug-likeness (QED) is 0.0344. The number of unbranched alkanes of at least 4 members (excludes halogenated alkanes) is 38. The minimum atomic E-state index is -0.761. The Balaban J connectivity index is 4.29. The molecule has 6 heteroatoms. The Labute approximate surface area is 387 Å². The van der Waals surface area contributed by atoms with Gasteiger partial charge in [0, 0.05) is 19.3 Å². The van der Waals surface area contributed by atoms with Gasteiger partial charge in [-0.2, -0.15) is 0 Å². The van der Waals surface area contributed by atoms with Crippen LogP contribution in [0.3, 0.4) is 0 Å². The van der Waals surface area contributed by atoms with Gasteiger partial charge in [-0.1, -0.05) is 278 Å². The Hall–Kier alpha value is -1.59. The third-order valence-corrected chi connectivity index (χ3v) is 12.8. The van der Waals surface area contributed by atoms with Crippen LogP contribution in [0.2, 0.25) is 0 Å². The fourth-order valence-corrected chi connectivity index (χ4v) is 8.57. The summed E-state index contributed by atoms with van der Waals surface area (Å²) < 4.78 is 16.9. The van der Waals surface area contributed by atoms with Crippen molar-refractivity contribution in [1.82, 2.24) is 0 Å². The van der Waals surface area contributed by atoms with Crippen molar-refractivity contribution in [3.8, 4) is 0 Å². The van der Waals surface area contributed by atoms with Gasteiger partial charge in [0.15, 0.2) is 6.10 Å². The maximum absolute atomic E-state index is 12.8. The first-order valence-electron chi connectivity index (χ1n) is 27.9. The summed E-state index contributed by atoms with van der Waals surface area (Å²) in [6.45, 7) is 9.05. The van der Waals surface area contributed by atoms with Crippen molar-refractivity contribution >= 4 is 17.9 Å². The second kappa shape index (κ2) is 50.4. The highest BCUT2D eigenvalue weighted by Gasteiger charge is 2.19. The van der Waals surface area contributed by atoms with E-state index in [0.29, 0.717) is 19.3 Å². The van der Waals surface area contributed by atoms with Crippen LogP contribution < -0.4 is 0 Å². The third-order valence-electron chi connectivity index (χ3n) is 12.8. The second-order valence-electron chi connectivity index (χ2n) is 19.7. The van der Waals surface area contributed by atoms with Gasteiger partial charge in [0.2, 0.25) is 0 Å². The van der Waals surface area contributed by atoms with Gasteiger partial charge in [0.1, 0.15) is 13.2 Å². The van der Waals surface area contributed by atoms with Crippen molar-refractivity contribution in [1.29, 1.82) is 0 Å². The average Bonchev–Trinajstić information content (AvgIpc) is 3.26. The van der Waals surface area contributed by atoms with E-state index < -0.39 is 6.10 Å². The Morgan fingerprint density at radius 3 is 0.790 bits per heavy atom. The van der Waals surface area contributed by atoms with Gasteiger partial charge >= 0.3 is 17.9 Å². The summed E-state index contributed by atoms with van der Waals surface area (Å²) in [5.74, 6) is 0.00169. The molecule has 0 aromatic carbocycles. The molecule has 0 N–H and O–H groups in total. The molecular formula is C56H108O6. The highest BCUT2D eigenvalue weighted by Crippen LogP contribution is 2.18. The van der Waals surface area contributed by atoms with Gasteiger partial charge in [0.05, 0.1) is 0 Å². The standard InChI is InChI=1S/C56H108O6/c1-5-7-9-11-13-15-17-19-20-21-24-29-33-37-41-45-49-56(59)62-53(50-60-54(57)47-43-39-35-31-27-18-16-14-12-10-8-6-2)51-61-55(58)48-44-40-36-32-28-25-22-23-26-30-34-38-42-46-52(3)4/h52-53H,5-51H2,1-4H3/t53-/m0/s1. The third kappa shape index (κ3) is 49.4. The number of carbonyl (C=O) groups excluding carboxylic acids is 3. The van der Waals surface area contributed by atoms with E-state index in [9.17, 15) is 14.4 Å². The van der Waals surface area contributed by atoms with E-state index in [0.717, 1.165) is 63.7 Å². The number of carbonyl (C=O) groups is 3. The number of hydrogen-bond acceptors (Lipinski definition) is 6. The van der Waals surface area contributed by atoms with Crippen molar-refractivity contribution in [2.24, 2.45) is 5.92 Å². The monoisotopic (exact) mass is 877 g/mol. The van der Waals surface area contributed by atoms with Crippen LogP contribution in [0.4, 0.5) is 0 Å². The Bertz CT molecular complexity index is 933. The average molecular weight is 877 g/mol. The van der Waals surface area contributed by atoms with E-state index in [1.54, 1.807) is 0 Å². The van der Waals surface area contributed by atoms with E-state index in [4.69, 9.17) is 14.2 Å². The van der Waals surface area contributed by atoms with E-state index >= 15 is 0 Å². The largest absolute Gasteiger partial charge is 0.462 e. The van der Waals surface area contributed by atoms with Gasteiger partial charge in [-0.25, -0.2) is 0 Å². The highest BCUT2D eigenvalue weighted by atomic mass is 16.6. The summed E-state index contributed by atoms with van der Waals surface area (Å²) in [6, 6.07) is 0. The molecule has 0 heterocycles. The molecule has 368 valence electrons. The van der Waals surface area contributed by atoms with E-state index in [1.807, 2.05) is 0 Å². The summed E-state index contributed by atoms with van der Waals surface area (Å²) >= 11 is 0. The maximum Gasteiger partial charge on any atom is 0.306 e. The molecule has 0 rings (SSSR count). The minimum Gasteiger partial charge on any atom is -0.462 e. The van der Waals surface area contributed by atoms with E-state index in [1.165, 1.54) is 212 Å². The number of rotatable bonds is 51. The van der Waals surface area contributed by atoms with Crippen LogP contribution in [0.15, 0.2) is 0 Å². The molecule has 0 unspecified atom stereocenters. The molecule has 0 aromatic rings. The van der Waals surface area contributed by atoms with Crippen LogP contribution >= 0.6 is 0 Å². The number of hydrogen-bond donors (Lipinski definition) is 0. The molecule has 0 bridgehead atoms. The van der Waals surface area contributed by atoms with Crippen molar-refractivity contribution in [3.63, 3.8) is 0 Å². The van der Waals surface area contributed by atoms with Crippen LogP contribution in [0, 0.1) is 5.92 Å². The van der Waals surface area contributed by atoms with Gasteiger partial charge in [-0.15, -0.1) is 0 Å². The zero-order valence-corrected chi connectivity index (χ0v) is 42.3. The molecule has 0 radical (unpaired) electrons. The molecule has 0 aliphatic rings. The lowest BCUT2D eigenvalue weighted by Crippen LogP contribution is -2.30. The molecule has 0 aromatic heterocycles. The van der Waals surface area contributed by atoms with Crippen molar-refractivity contribution in [2.75, 3.05) is 13.2 Å². The zero-order chi connectivity index (χ0) is 45.2. The Kier molecular flexibility index (Phi) is 49.1. The van der Waals surface area contributed by atoms with Crippen molar-refractivity contribution in [2.45, 2.75) is 323 Å². The molecule has 6 nitrogen and oxygen atoms in total. The Morgan fingerprint density at radius 1 is 0.306 bits per heavy atom. The lowest BCUT2D eigenvalue weighted by Gasteiger charge is -2.18.